The maximum atomic E-state index is 4.58. The molecular formula is C21H18N2. The second kappa shape index (κ2) is 5.17. The van der Waals surface area contributed by atoms with Gasteiger partial charge in [0, 0.05) is 16.3 Å². The summed E-state index contributed by atoms with van der Waals surface area (Å²) in [6.07, 6.45) is 1.68. The Labute approximate surface area is 135 Å². The normalized spacial score (nSPS) is 11.3. The van der Waals surface area contributed by atoms with Crippen molar-refractivity contribution >= 4 is 21.7 Å². The molecule has 4 aromatic rings. The van der Waals surface area contributed by atoms with Crippen LogP contribution in [0.15, 0.2) is 54.9 Å². The predicted octanol–water partition coefficient (Wildman–Crippen LogP) is 5.38. The van der Waals surface area contributed by atoms with Crippen molar-refractivity contribution in [2.75, 3.05) is 0 Å². The molecular weight excluding hydrogens is 280 g/mol. The van der Waals surface area contributed by atoms with Crippen LogP contribution >= 0.6 is 0 Å². The van der Waals surface area contributed by atoms with Crippen LogP contribution < -0.4 is 0 Å². The van der Waals surface area contributed by atoms with Gasteiger partial charge in [0.2, 0.25) is 0 Å². The molecule has 23 heavy (non-hydrogen) atoms. The van der Waals surface area contributed by atoms with E-state index in [4.69, 9.17) is 0 Å². The van der Waals surface area contributed by atoms with Crippen LogP contribution in [-0.2, 0) is 0 Å². The van der Waals surface area contributed by atoms with Crippen LogP contribution in [0.25, 0.3) is 32.9 Å². The summed E-state index contributed by atoms with van der Waals surface area (Å²) in [4.78, 5) is 9.15. The SMILES string of the molecule is Cc1cc(C)cc(-c2ncnc3c2ccc2ccc(C)cc23)c1. The third kappa shape index (κ3) is 2.36. The molecule has 112 valence electrons. The number of rotatable bonds is 1. The third-order valence-corrected chi connectivity index (χ3v) is 4.27. The molecule has 0 aliphatic carbocycles. The van der Waals surface area contributed by atoms with Crippen molar-refractivity contribution in [1.29, 1.82) is 0 Å². The van der Waals surface area contributed by atoms with Gasteiger partial charge in [-0.2, -0.15) is 0 Å². The summed E-state index contributed by atoms with van der Waals surface area (Å²) in [6, 6.07) is 17.4. The van der Waals surface area contributed by atoms with E-state index in [1.54, 1.807) is 6.33 Å². The first kappa shape index (κ1) is 13.9. The van der Waals surface area contributed by atoms with E-state index in [9.17, 15) is 0 Å². The fraction of sp³-hybridized carbons (Fsp3) is 0.143. The Morgan fingerprint density at radius 3 is 2.17 bits per heavy atom. The van der Waals surface area contributed by atoms with E-state index >= 15 is 0 Å². The first-order valence-electron chi connectivity index (χ1n) is 7.84. The maximum Gasteiger partial charge on any atom is 0.116 e. The van der Waals surface area contributed by atoms with E-state index in [1.807, 2.05) is 0 Å². The molecule has 0 aliphatic heterocycles. The van der Waals surface area contributed by atoms with Crippen molar-refractivity contribution in [3.8, 4) is 11.3 Å². The van der Waals surface area contributed by atoms with Crippen LogP contribution in [0.2, 0.25) is 0 Å². The van der Waals surface area contributed by atoms with Gasteiger partial charge in [-0.15, -0.1) is 0 Å². The summed E-state index contributed by atoms with van der Waals surface area (Å²) in [7, 11) is 0. The average molecular weight is 298 g/mol. The number of aromatic nitrogens is 2. The van der Waals surface area contributed by atoms with Gasteiger partial charge in [0.25, 0.3) is 0 Å². The molecule has 2 nitrogen and oxygen atoms in total. The van der Waals surface area contributed by atoms with Crippen molar-refractivity contribution in [2.24, 2.45) is 0 Å². The van der Waals surface area contributed by atoms with Crippen molar-refractivity contribution in [1.82, 2.24) is 9.97 Å². The van der Waals surface area contributed by atoms with Crippen LogP contribution in [0.3, 0.4) is 0 Å². The second-order valence-corrected chi connectivity index (χ2v) is 6.28. The van der Waals surface area contributed by atoms with Crippen LogP contribution in [-0.4, -0.2) is 9.97 Å². The first-order valence-corrected chi connectivity index (χ1v) is 7.84. The van der Waals surface area contributed by atoms with Crippen molar-refractivity contribution < 1.29 is 0 Å². The lowest BCUT2D eigenvalue weighted by molar-refractivity contribution is 1.22. The summed E-state index contributed by atoms with van der Waals surface area (Å²) in [5, 5.41) is 3.51. The van der Waals surface area contributed by atoms with Gasteiger partial charge in [-0.1, -0.05) is 41.0 Å². The number of fused-ring (bicyclic) bond motifs is 3. The number of hydrogen-bond donors (Lipinski definition) is 0. The molecule has 1 aromatic heterocycles. The summed E-state index contributed by atoms with van der Waals surface area (Å²) in [6.45, 7) is 6.36. The smallest absolute Gasteiger partial charge is 0.116 e. The zero-order valence-electron chi connectivity index (χ0n) is 13.6. The fourth-order valence-electron chi connectivity index (χ4n) is 3.30. The quantitative estimate of drug-likeness (QED) is 0.441. The molecule has 3 aromatic carbocycles. The zero-order valence-corrected chi connectivity index (χ0v) is 13.6. The van der Waals surface area contributed by atoms with Gasteiger partial charge in [-0.05, 0) is 50.4 Å². The van der Waals surface area contributed by atoms with E-state index in [1.165, 1.54) is 27.5 Å². The topological polar surface area (TPSA) is 25.8 Å². The molecule has 0 N–H and O–H groups in total. The van der Waals surface area contributed by atoms with Gasteiger partial charge in [0.15, 0.2) is 0 Å². The molecule has 0 saturated carbocycles. The zero-order chi connectivity index (χ0) is 16.0. The lowest BCUT2D eigenvalue weighted by Crippen LogP contribution is -1.91. The molecule has 0 amide bonds. The summed E-state index contributed by atoms with van der Waals surface area (Å²) >= 11 is 0. The largest absolute Gasteiger partial charge is 0.236 e. The minimum absolute atomic E-state index is 1.00. The second-order valence-electron chi connectivity index (χ2n) is 6.28. The molecule has 0 spiro atoms. The molecule has 1 heterocycles. The van der Waals surface area contributed by atoms with E-state index in [-0.39, 0.29) is 0 Å². The average Bonchev–Trinajstić information content (AvgIpc) is 2.53. The first-order chi connectivity index (χ1) is 11.1. The molecule has 0 atom stereocenters. The Morgan fingerprint density at radius 1 is 0.652 bits per heavy atom. The van der Waals surface area contributed by atoms with Gasteiger partial charge >= 0.3 is 0 Å². The van der Waals surface area contributed by atoms with Gasteiger partial charge in [0.05, 0.1) is 11.2 Å². The van der Waals surface area contributed by atoms with Crippen molar-refractivity contribution in [3.05, 3.63) is 71.5 Å². The number of hydrogen-bond acceptors (Lipinski definition) is 2. The number of benzene rings is 3. The van der Waals surface area contributed by atoms with E-state index in [0.717, 1.165) is 22.2 Å². The lowest BCUT2D eigenvalue weighted by atomic mass is 9.99. The molecule has 0 fully saturated rings. The lowest BCUT2D eigenvalue weighted by Gasteiger charge is -2.10. The van der Waals surface area contributed by atoms with Gasteiger partial charge < -0.3 is 0 Å². The minimum atomic E-state index is 1.00. The van der Waals surface area contributed by atoms with E-state index < -0.39 is 0 Å². The molecule has 2 heteroatoms. The van der Waals surface area contributed by atoms with Crippen molar-refractivity contribution in [3.63, 3.8) is 0 Å². The van der Waals surface area contributed by atoms with Crippen LogP contribution in [0.1, 0.15) is 16.7 Å². The van der Waals surface area contributed by atoms with Gasteiger partial charge in [-0.25, -0.2) is 9.97 Å². The molecule has 0 radical (unpaired) electrons. The maximum absolute atomic E-state index is 4.58. The Kier molecular flexibility index (Phi) is 3.12. The van der Waals surface area contributed by atoms with Crippen LogP contribution in [0.4, 0.5) is 0 Å². The minimum Gasteiger partial charge on any atom is -0.236 e. The van der Waals surface area contributed by atoms with E-state index in [0.29, 0.717) is 0 Å². The number of aryl methyl sites for hydroxylation is 3. The van der Waals surface area contributed by atoms with E-state index in [2.05, 4.69) is 79.3 Å². The Balaban J connectivity index is 2.08. The Morgan fingerprint density at radius 2 is 1.39 bits per heavy atom. The molecule has 0 saturated heterocycles. The molecule has 0 unspecified atom stereocenters. The summed E-state index contributed by atoms with van der Waals surface area (Å²) in [5.74, 6) is 0. The number of nitrogens with zero attached hydrogens (tertiary/aromatic N) is 2. The summed E-state index contributed by atoms with van der Waals surface area (Å²) in [5.41, 5.74) is 6.94. The highest BCUT2D eigenvalue weighted by atomic mass is 14.8. The molecule has 4 rings (SSSR count). The molecule has 0 aliphatic rings. The summed E-state index contributed by atoms with van der Waals surface area (Å²) < 4.78 is 0. The monoisotopic (exact) mass is 298 g/mol. The third-order valence-electron chi connectivity index (χ3n) is 4.27. The predicted molar refractivity (Wildman–Crippen MR) is 96.7 cm³/mol. The fourth-order valence-corrected chi connectivity index (χ4v) is 3.30. The highest BCUT2D eigenvalue weighted by Gasteiger charge is 2.10. The highest BCUT2D eigenvalue weighted by Crippen LogP contribution is 2.31. The Hall–Kier alpha value is -2.74. The van der Waals surface area contributed by atoms with Crippen LogP contribution in [0, 0.1) is 20.8 Å². The van der Waals surface area contributed by atoms with Crippen molar-refractivity contribution in [2.45, 2.75) is 20.8 Å². The van der Waals surface area contributed by atoms with Crippen LogP contribution in [0.5, 0.6) is 0 Å². The standard InChI is InChI=1S/C21H18N2/c1-13-4-5-16-6-7-18-20(17-9-14(2)8-15(3)10-17)22-12-23-21(18)19(16)11-13/h4-12H,1-3H3. The van der Waals surface area contributed by atoms with Gasteiger partial charge in [0.1, 0.15) is 6.33 Å². The Bertz CT molecular complexity index is 1030. The molecule has 0 bridgehead atoms. The van der Waals surface area contributed by atoms with Gasteiger partial charge in [-0.3, -0.25) is 0 Å². The highest BCUT2D eigenvalue weighted by molar-refractivity contribution is 6.09.